The molecular weight excluding hydrogens is 224 g/mol. The molecule has 102 valence electrons. The highest BCUT2D eigenvalue weighted by Gasteiger charge is 2.24. The van der Waals surface area contributed by atoms with Crippen molar-refractivity contribution in [2.75, 3.05) is 13.7 Å². The molecule has 0 aliphatic heterocycles. The molecule has 1 aromatic rings. The molecule has 0 aliphatic carbocycles. The van der Waals surface area contributed by atoms with E-state index in [2.05, 4.69) is 39.8 Å². The quantitative estimate of drug-likeness (QED) is 0.844. The van der Waals surface area contributed by atoms with Gasteiger partial charge in [0.2, 0.25) is 0 Å². The van der Waals surface area contributed by atoms with E-state index < -0.39 is 0 Å². The summed E-state index contributed by atoms with van der Waals surface area (Å²) in [6, 6.07) is 4.15. The van der Waals surface area contributed by atoms with Gasteiger partial charge in [-0.2, -0.15) is 0 Å². The zero-order valence-corrected chi connectivity index (χ0v) is 12.2. The van der Waals surface area contributed by atoms with Crippen LogP contribution in [0.15, 0.2) is 12.1 Å². The van der Waals surface area contributed by atoms with Crippen molar-refractivity contribution >= 4 is 0 Å². The Morgan fingerprint density at radius 1 is 1.22 bits per heavy atom. The average Bonchev–Trinajstić information content (AvgIpc) is 2.28. The van der Waals surface area contributed by atoms with Crippen LogP contribution in [0.3, 0.4) is 0 Å². The maximum Gasteiger partial charge on any atom is 0.126 e. The molecule has 0 radical (unpaired) electrons. The van der Waals surface area contributed by atoms with Gasteiger partial charge in [0, 0.05) is 11.6 Å². The lowest BCUT2D eigenvalue weighted by atomic mass is 9.84. The highest BCUT2D eigenvalue weighted by atomic mass is 16.5. The first-order valence-corrected chi connectivity index (χ1v) is 6.53. The zero-order chi connectivity index (χ0) is 13.9. The smallest absolute Gasteiger partial charge is 0.126 e. The molecule has 0 saturated carbocycles. The number of aryl methyl sites for hydroxylation is 2. The van der Waals surface area contributed by atoms with Crippen molar-refractivity contribution < 1.29 is 4.74 Å². The minimum Gasteiger partial charge on any atom is -0.496 e. The second-order valence-corrected chi connectivity index (χ2v) is 5.37. The van der Waals surface area contributed by atoms with Crippen LogP contribution in [0.5, 0.6) is 5.75 Å². The van der Waals surface area contributed by atoms with Crippen LogP contribution in [0.2, 0.25) is 0 Å². The highest BCUT2D eigenvalue weighted by Crippen LogP contribution is 2.34. The van der Waals surface area contributed by atoms with E-state index in [0.29, 0.717) is 12.5 Å². The zero-order valence-electron chi connectivity index (χ0n) is 12.2. The molecule has 0 spiro atoms. The number of hydrogen-bond donors (Lipinski definition) is 2. The van der Waals surface area contributed by atoms with Gasteiger partial charge in [0.25, 0.3) is 0 Å². The monoisotopic (exact) mass is 250 g/mol. The summed E-state index contributed by atoms with van der Waals surface area (Å²) in [6.07, 6.45) is 0. The van der Waals surface area contributed by atoms with Gasteiger partial charge in [-0.1, -0.05) is 31.5 Å². The van der Waals surface area contributed by atoms with E-state index in [0.717, 1.165) is 16.9 Å². The molecule has 4 N–H and O–H groups in total. The number of ether oxygens (including phenoxy) is 1. The molecule has 0 amide bonds. The molecule has 0 aliphatic rings. The molecule has 0 bridgehead atoms. The lowest BCUT2D eigenvalue weighted by molar-refractivity contribution is 0.320. The molecule has 18 heavy (non-hydrogen) atoms. The predicted octanol–water partition coefficient (Wildman–Crippen LogP) is 2.54. The van der Waals surface area contributed by atoms with Crippen LogP contribution in [0, 0.1) is 25.7 Å². The summed E-state index contributed by atoms with van der Waals surface area (Å²) in [4.78, 5) is 0. The Morgan fingerprint density at radius 3 is 2.28 bits per heavy atom. The Labute approximate surface area is 111 Å². The minimum atomic E-state index is -0.0800. The van der Waals surface area contributed by atoms with Crippen molar-refractivity contribution in [3.8, 4) is 5.75 Å². The fraction of sp³-hybridized carbons (Fsp3) is 0.600. The molecular formula is C15H26N2O. The van der Waals surface area contributed by atoms with Crippen molar-refractivity contribution in [2.24, 2.45) is 23.3 Å². The van der Waals surface area contributed by atoms with Crippen LogP contribution in [0.4, 0.5) is 0 Å². The average molecular weight is 250 g/mol. The molecule has 0 fully saturated rings. The number of methoxy groups -OCH3 is 1. The number of nitrogens with two attached hydrogens (primary N) is 2. The van der Waals surface area contributed by atoms with Gasteiger partial charge in [-0.25, -0.2) is 0 Å². The third-order valence-corrected chi connectivity index (χ3v) is 3.60. The van der Waals surface area contributed by atoms with Gasteiger partial charge in [0.1, 0.15) is 5.75 Å². The Balaban J connectivity index is 3.22. The summed E-state index contributed by atoms with van der Waals surface area (Å²) in [5, 5.41) is 0. The molecule has 3 nitrogen and oxygen atoms in total. The molecule has 0 saturated heterocycles. The molecule has 0 heterocycles. The number of hydrogen-bond acceptors (Lipinski definition) is 3. The van der Waals surface area contributed by atoms with Crippen LogP contribution in [0.1, 0.15) is 36.6 Å². The standard InChI is InChI=1S/C15H26N2O/c1-9(2)13(8-16)14(17)12-7-10(3)6-11(4)15(12)18-5/h6-7,9,13-14H,8,16-17H2,1-5H3. The van der Waals surface area contributed by atoms with E-state index in [4.69, 9.17) is 16.2 Å². The molecule has 3 heteroatoms. The van der Waals surface area contributed by atoms with Crippen LogP contribution in [-0.4, -0.2) is 13.7 Å². The molecule has 1 aromatic carbocycles. The van der Waals surface area contributed by atoms with Gasteiger partial charge in [0.05, 0.1) is 7.11 Å². The van der Waals surface area contributed by atoms with Crippen LogP contribution >= 0.6 is 0 Å². The molecule has 0 aromatic heterocycles. The van der Waals surface area contributed by atoms with Crippen LogP contribution in [0.25, 0.3) is 0 Å². The Kier molecular flexibility index (Phi) is 5.17. The first-order chi connectivity index (χ1) is 8.42. The Bertz CT molecular complexity index is 402. The van der Waals surface area contributed by atoms with Gasteiger partial charge in [0.15, 0.2) is 0 Å². The van der Waals surface area contributed by atoms with Crippen molar-refractivity contribution in [2.45, 2.75) is 33.7 Å². The van der Waals surface area contributed by atoms with Crippen molar-refractivity contribution in [1.82, 2.24) is 0 Å². The van der Waals surface area contributed by atoms with Gasteiger partial charge in [-0.15, -0.1) is 0 Å². The second kappa shape index (κ2) is 6.21. The Morgan fingerprint density at radius 2 is 1.83 bits per heavy atom. The minimum absolute atomic E-state index is 0.0800. The number of benzene rings is 1. The summed E-state index contributed by atoms with van der Waals surface area (Å²) in [5.74, 6) is 1.61. The van der Waals surface area contributed by atoms with E-state index in [9.17, 15) is 0 Å². The maximum absolute atomic E-state index is 6.40. The summed E-state index contributed by atoms with van der Waals surface area (Å²) >= 11 is 0. The maximum atomic E-state index is 6.40. The van der Waals surface area contributed by atoms with Crippen LogP contribution < -0.4 is 16.2 Å². The van der Waals surface area contributed by atoms with Gasteiger partial charge >= 0.3 is 0 Å². The van der Waals surface area contributed by atoms with Crippen LogP contribution in [-0.2, 0) is 0 Å². The summed E-state index contributed by atoms with van der Waals surface area (Å²) in [5.41, 5.74) is 15.7. The summed E-state index contributed by atoms with van der Waals surface area (Å²) in [6.45, 7) is 9.04. The van der Waals surface area contributed by atoms with E-state index in [1.54, 1.807) is 7.11 Å². The van der Waals surface area contributed by atoms with E-state index in [1.807, 2.05) is 0 Å². The van der Waals surface area contributed by atoms with E-state index in [1.165, 1.54) is 5.56 Å². The molecule has 2 atom stereocenters. The first-order valence-electron chi connectivity index (χ1n) is 6.53. The lowest BCUT2D eigenvalue weighted by Gasteiger charge is -2.28. The third kappa shape index (κ3) is 3.03. The largest absolute Gasteiger partial charge is 0.496 e. The Hall–Kier alpha value is -1.06. The van der Waals surface area contributed by atoms with E-state index >= 15 is 0 Å². The fourth-order valence-corrected chi connectivity index (χ4v) is 2.58. The second-order valence-electron chi connectivity index (χ2n) is 5.37. The predicted molar refractivity (Wildman–Crippen MR) is 76.8 cm³/mol. The van der Waals surface area contributed by atoms with Gasteiger partial charge in [-0.05, 0) is 37.8 Å². The molecule has 2 unspecified atom stereocenters. The summed E-state index contributed by atoms with van der Waals surface area (Å²) < 4.78 is 5.51. The topological polar surface area (TPSA) is 61.3 Å². The van der Waals surface area contributed by atoms with Crippen molar-refractivity contribution in [3.63, 3.8) is 0 Å². The fourth-order valence-electron chi connectivity index (χ4n) is 2.58. The van der Waals surface area contributed by atoms with Gasteiger partial charge < -0.3 is 16.2 Å². The van der Waals surface area contributed by atoms with Crippen molar-refractivity contribution in [3.05, 3.63) is 28.8 Å². The highest BCUT2D eigenvalue weighted by molar-refractivity contribution is 5.45. The normalized spacial score (nSPS) is 14.7. The van der Waals surface area contributed by atoms with Gasteiger partial charge in [-0.3, -0.25) is 0 Å². The first kappa shape index (κ1) is 15.0. The summed E-state index contributed by atoms with van der Waals surface area (Å²) in [7, 11) is 1.70. The number of rotatable bonds is 5. The lowest BCUT2D eigenvalue weighted by Crippen LogP contribution is -2.32. The third-order valence-electron chi connectivity index (χ3n) is 3.60. The van der Waals surface area contributed by atoms with E-state index in [-0.39, 0.29) is 12.0 Å². The molecule has 1 rings (SSSR count). The van der Waals surface area contributed by atoms with Crippen molar-refractivity contribution in [1.29, 1.82) is 0 Å². The SMILES string of the molecule is COc1c(C)cc(C)cc1C(N)C(CN)C(C)C.